The number of aromatic nitrogens is 3. The van der Waals surface area contributed by atoms with Crippen molar-refractivity contribution in [1.29, 1.82) is 0 Å². The molecule has 0 spiro atoms. The number of aliphatic carboxylic acids is 1. The quantitative estimate of drug-likeness (QED) is 0.862. The highest BCUT2D eigenvalue weighted by atomic mass is 16.4. The Morgan fingerprint density at radius 1 is 1.45 bits per heavy atom. The second-order valence-corrected chi connectivity index (χ2v) is 6.34. The lowest BCUT2D eigenvalue weighted by Gasteiger charge is -2.41. The van der Waals surface area contributed by atoms with Gasteiger partial charge in [-0.25, -0.2) is 9.67 Å². The Labute approximate surface area is 117 Å². The summed E-state index contributed by atoms with van der Waals surface area (Å²) in [7, 11) is 0. The van der Waals surface area contributed by atoms with Gasteiger partial charge in [0.15, 0.2) is 0 Å². The first-order valence-electron chi connectivity index (χ1n) is 6.68. The Hall–Kier alpha value is -1.92. The molecule has 0 saturated heterocycles. The number of nitrogens with zero attached hydrogens (tertiary/aromatic N) is 3. The number of carboxylic acids is 1. The molecule has 0 atom stereocenters. The smallest absolute Gasteiger partial charge is 0.305 e. The first-order valence-corrected chi connectivity index (χ1v) is 6.68. The van der Waals surface area contributed by atoms with Crippen LogP contribution in [0.3, 0.4) is 0 Å². The van der Waals surface area contributed by atoms with Crippen LogP contribution < -0.4 is 5.32 Å². The summed E-state index contributed by atoms with van der Waals surface area (Å²) in [5.41, 5.74) is -0.878. The van der Waals surface area contributed by atoms with Crippen molar-refractivity contribution in [3.05, 3.63) is 12.2 Å². The number of amides is 1. The highest BCUT2D eigenvalue weighted by Crippen LogP contribution is 2.35. The third kappa shape index (κ3) is 2.97. The van der Waals surface area contributed by atoms with Gasteiger partial charge in [0.1, 0.15) is 6.33 Å². The van der Waals surface area contributed by atoms with Crippen LogP contribution in [0.4, 0.5) is 0 Å². The van der Waals surface area contributed by atoms with Gasteiger partial charge in [-0.15, -0.1) is 5.10 Å². The maximum atomic E-state index is 12.1. The van der Waals surface area contributed by atoms with Crippen LogP contribution in [-0.4, -0.2) is 37.3 Å². The summed E-state index contributed by atoms with van der Waals surface area (Å²) in [6, 6.07) is 0. The van der Waals surface area contributed by atoms with E-state index in [0.717, 1.165) is 6.42 Å². The molecule has 0 unspecified atom stereocenters. The van der Waals surface area contributed by atoms with Gasteiger partial charge in [0.2, 0.25) is 5.82 Å². The fraction of sp³-hybridized carbons (Fsp3) is 0.692. The van der Waals surface area contributed by atoms with E-state index in [1.54, 1.807) is 4.68 Å². The van der Waals surface area contributed by atoms with E-state index >= 15 is 0 Å². The largest absolute Gasteiger partial charge is 0.481 e. The standard InChI is InChI=1S/C13H20N4O3/c1-12(2,3)17-8-14-10(16-17)11(20)15-13(5-4-6-13)7-9(18)19/h8H,4-7H2,1-3H3,(H,15,20)(H,18,19). The van der Waals surface area contributed by atoms with Gasteiger partial charge in [-0.1, -0.05) is 0 Å². The molecule has 110 valence electrons. The summed E-state index contributed by atoms with van der Waals surface area (Å²) in [6.07, 6.45) is 3.76. The van der Waals surface area contributed by atoms with Gasteiger partial charge in [-0.2, -0.15) is 0 Å². The van der Waals surface area contributed by atoms with Crippen molar-refractivity contribution in [2.24, 2.45) is 0 Å². The number of nitrogens with one attached hydrogen (secondary N) is 1. The van der Waals surface area contributed by atoms with E-state index in [2.05, 4.69) is 15.4 Å². The highest BCUT2D eigenvalue weighted by molar-refractivity contribution is 5.91. The Balaban J connectivity index is 2.08. The summed E-state index contributed by atoms with van der Waals surface area (Å²) in [6.45, 7) is 5.88. The van der Waals surface area contributed by atoms with Crippen molar-refractivity contribution in [3.8, 4) is 0 Å². The van der Waals surface area contributed by atoms with Gasteiger partial charge in [0.25, 0.3) is 5.91 Å². The minimum absolute atomic E-state index is 0.0568. The average molecular weight is 280 g/mol. The second kappa shape index (κ2) is 4.88. The van der Waals surface area contributed by atoms with E-state index in [9.17, 15) is 9.59 Å². The van der Waals surface area contributed by atoms with Crippen LogP contribution in [-0.2, 0) is 10.3 Å². The van der Waals surface area contributed by atoms with Gasteiger partial charge in [0, 0.05) is 0 Å². The number of hydrogen-bond acceptors (Lipinski definition) is 4. The zero-order valence-corrected chi connectivity index (χ0v) is 12.0. The molecule has 0 bridgehead atoms. The van der Waals surface area contributed by atoms with E-state index in [0.29, 0.717) is 12.8 Å². The summed E-state index contributed by atoms with van der Waals surface area (Å²) in [4.78, 5) is 27.0. The molecule has 1 aromatic heterocycles. The van der Waals surface area contributed by atoms with E-state index in [-0.39, 0.29) is 17.8 Å². The van der Waals surface area contributed by atoms with Gasteiger partial charge in [-0.05, 0) is 40.0 Å². The van der Waals surface area contributed by atoms with E-state index in [1.165, 1.54) is 6.33 Å². The van der Waals surface area contributed by atoms with Crippen LogP contribution in [0.1, 0.15) is 57.1 Å². The van der Waals surface area contributed by atoms with Crippen LogP contribution in [0.5, 0.6) is 0 Å². The van der Waals surface area contributed by atoms with E-state index < -0.39 is 17.4 Å². The third-order valence-corrected chi connectivity index (χ3v) is 3.56. The minimum Gasteiger partial charge on any atom is -0.481 e. The van der Waals surface area contributed by atoms with Crippen molar-refractivity contribution in [1.82, 2.24) is 20.1 Å². The van der Waals surface area contributed by atoms with E-state index in [1.807, 2.05) is 20.8 Å². The van der Waals surface area contributed by atoms with Crippen LogP contribution in [0, 0.1) is 0 Å². The fourth-order valence-electron chi connectivity index (χ4n) is 2.23. The maximum absolute atomic E-state index is 12.1. The van der Waals surface area contributed by atoms with Gasteiger partial charge < -0.3 is 10.4 Å². The molecule has 0 radical (unpaired) electrons. The summed E-state index contributed by atoms with van der Waals surface area (Å²) in [5.74, 6) is -1.23. The Kier molecular flexibility index (Phi) is 3.54. The molecule has 7 heteroatoms. The Morgan fingerprint density at radius 3 is 2.50 bits per heavy atom. The van der Waals surface area contributed by atoms with E-state index in [4.69, 9.17) is 5.11 Å². The first kappa shape index (κ1) is 14.5. The van der Waals surface area contributed by atoms with Crippen LogP contribution in [0.25, 0.3) is 0 Å². The predicted molar refractivity (Wildman–Crippen MR) is 71.3 cm³/mol. The predicted octanol–water partition coefficient (Wildman–Crippen LogP) is 1.16. The molecule has 0 aromatic carbocycles. The third-order valence-electron chi connectivity index (χ3n) is 3.56. The number of carboxylic acid groups (broad SMARTS) is 1. The molecule has 1 aliphatic carbocycles. The number of carbonyl (C=O) groups is 2. The van der Waals surface area contributed by atoms with Crippen molar-refractivity contribution >= 4 is 11.9 Å². The summed E-state index contributed by atoms with van der Waals surface area (Å²) < 4.78 is 1.62. The molecular formula is C13H20N4O3. The molecule has 1 amide bonds. The van der Waals surface area contributed by atoms with Crippen molar-refractivity contribution in [2.75, 3.05) is 0 Å². The van der Waals surface area contributed by atoms with Gasteiger partial charge >= 0.3 is 5.97 Å². The van der Waals surface area contributed by atoms with Gasteiger partial charge in [0.05, 0.1) is 17.5 Å². The molecule has 2 N–H and O–H groups in total. The molecule has 1 saturated carbocycles. The van der Waals surface area contributed by atoms with Crippen LogP contribution >= 0.6 is 0 Å². The lowest BCUT2D eigenvalue weighted by atomic mass is 9.74. The lowest BCUT2D eigenvalue weighted by Crippen LogP contribution is -2.54. The SMILES string of the molecule is CC(C)(C)n1cnc(C(=O)NC2(CC(=O)O)CCC2)n1. The summed E-state index contributed by atoms with van der Waals surface area (Å²) in [5, 5.41) is 15.9. The van der Waals surface area contributed by atoms with Crippen molar-refractivity contribution in [2.45, 2.75) is 57.5 Å². The molecule has 1 aromatic rings. The number of hydrogen-bond donors (Lipinski definition) is 2. The fourth-order valence-corrected chi connectivity index (χ4v) is 2.23. The second-order valence-electron chi connectivity index (χ2n) is 6.34. The van der Waals surface area contributed by atoms with Gasteiger partial charge in [-0.3, -0.25) is 9.59 Å². The zero-order valence-electron chi connectivity index (χ0n) is 12.0. The monoisotopic (exact) mass is 280 g/mol. The molecular weight excluding hydrogens is 260 g/mol. The van der Waals surface area contributed by atoms with Crippen LogP contribution in [0.2, 0.25) is 0 Å². The molecule has 7 nitrogen and oxygen atoms in total. The normalized spacial score (nSPS) is 17.4. The molecule has 2 rings (SSSR count). The number of rotatable bonds is 4. The molecule has 1 fully saturated rings. The zero-order chi connectivity index (χ0) is 15.0. The highest BCUT2D eigenvalue weighted by Gasteiger charge is 2.41. The first-order chi connectivity index (χ1) is 9.22. The topological polar surface area (TPSA) is 97.1 Å². The molecule has 1 aliphatic rings. The Bertz CT molecular complexity index is 526. The maximum Gasteiger partial charge on any atom is 0.305 e. The number of carbonyl (C=O) groups excluding carboxylic acids is 1. The average Bonchev–Trinajstić information content (AvgIpc) is 2.73. The molecule has 0 aliphatic heterocycles. The van der Waals surface area contributed by atoms with Crippen molar-refractivity contribution in [3.63, 3.8) is 0 Å². The molecule has 20 heavy (non-hydrogen) atoms. The Morgan fingerprint density at radius 2 is 2.10 bits per heavy atom. The van der Waals surface area contributed by atoms with Crippen LogP contribution in [0.15, 0.2) is 6.33 Å². The minimum atomic E-state index is -0.904. The summed E-state index contributed by atoms with van der Waals surface area (Å²) >= 11 is 0. The van der Waals surface area contributed by atoms with Crippen molar-refractivity contribution < 1.29 is 14.7 Å². The lowest BCUT2D eigenvalue weighted by molar-refractivity contribution is -0.139. The molecule has 1 heterocycles.